The zero-order valence-corrected chi connectivity index (χ0v) is 16.0. The number of rotatable bonds is 7. The van der Waals surface area contributed by atoms with Gasteiger partial charge in [0.2, 0.25) is 0 Å². The predicted molar refractivity (Wildman–Crippen MR) is 103 cm³/mol. The fraction of sp³-hybridized carbons (Fsp3) is 0.316. The van der Waals surface area contributed by atoms with Crippen molar-refractivity contribution in [3.05, 3.63) is 53.1 Å². The molecule has 0 amide bonds. The van der Waals surface area contributed by atoms with E-state index in [1.54, 1.807) is 12.1 Å². The van der Waals surface area contributed by atoms with Gasteiger partial charge in [-0.25, -0.2) is 4.57 Å². The number of unbranched alkanes of at least 4 members (excludes halogenated alkanes) is 1. The van der Waals surface area contributed by atoms with E-state index in [9.17, 15) is 14.3 Å². The van der Waals surface area contributed by atoms with Gasteiger partial charge in [0.1, 0.15) is 5.75 Å². The summed E-state index contributed by atoms with van der Waals surface area (Å²) >= 11 is 0.943. The molecule has 0 saturated carbocycles. The Kier molecular flexibility index (Phi) is 5.38. The summed E-state index contributed by atoms with van der Waals surface area (Å²) in [7, 11) is 0. The van der Waals surface area contributed by atoms with Crippen LogP contribution in [0.1, 0.15) is 48.2 Å². The van der Waals surface area contributed by atoms with Crippen LogP contribution in [0.15, 0.2) is 36.4 Å². The number of hydrogen-bond donors (Lipinski definition) is 1. The number of carbonyl (C=O) groups excluding carboxylic acids is 1. The van der Waals surface area contributed by atoms with Crippen LogP contribution < -0.4 is 4.52 Å². The van der Waals surface area contributed by atoms with Crippen molar-refractivity contribution in [1.29, 1.82) is 0 Å². The van der Waals surface area contributed by atoms with E-state index in [-0.39, 0.29) is 5.78 Å². The van der Waals surface area contributed by atoms with E-state index < -0.39 is 6.80 Å². The van der Waals surface area contributed by atoms with Gasteiger partial charge >= 0.3 is 6.80 Å². The first kappa shape index (κ1) is 18.2. The summed E-state index contributed by atoms with van der Waals surface area (Å²) in [4.78, 5) is 22.7. The van der Waals surface area contributed by atoms with Crippen LogP contribution in [0, 0.1) is 0 Å². The van der Waals surface area contributed by atoms with Gasteiger partial charge in [-0.3, -0.25) is 4.79 Å². The van der Waals surface area contributed by atoms with Crippen molar-refractivity contribution in [3.63, 3.8) is 0 Å². The summed E-state index contributed by atoms with van der Waals surface area (Å²) in [6.07, 6.45) is 2.47. The highest BCUT2D eigenvalue weighted by Gasteiger charge is 2.30. The zero-order valence-electron chi connectivity index (χ0n) is 14.3. The van der Waals surface area contributed by atoms with Crippen LogP contribution in [0.3, 0.4) is 0 Å². The molecule has 0 saturated heterocycles. The largest absolute Gasteiger partial charge is 0.437 e. The van der Waals surface area contributed by atoms with Crippen molar-refractivity contribution in [2.75, 3.05) is 5.75 Å². The normalized spacial score (nSPS) is 14.8. The summed E-state index contributed by atoms with van der Waals surface area (Å²) in [6.45, 7) is 0.195. The zero-order chi connectivity index (χ0) is 18.0. The van der Waals surface area contributed by atoms with Crippen LogP contribution in [0.4, 0.5) is 0 Å². The molecule has 2 aromatic rings. The minimum Gasteiger partial charge on any atom is -0.417 e. The van der Waals surface area contributed by atoms with Gasteiger partial charge in [-0.2, -0.15) is 0 Å². The summed E-state index contributed by atoms with van der Waals surface area (Å²) in [6, 6.07) is 11.0. The quantitative estimate of drug-likeness (QED) is 0.437. The van der Waals surface area contributed by atoms with Crippen LogP contribution in [-0.2, 0) is 11.0 Å². The Morgan fingerprint density at radius 3 is 2.48 bits per heavy atom. The van der Waals surface area contributed by atoms with E-state index in [0.29, 0.717) is 29.1 Å². The molecule has 3 rings (SSSR count). The SMILES string of the molecule is CCCCSP(=O)(O)Oc1cc2c(cc1CC)-c1ccccc1C2=O. The average Bonchev–Trinajstić information content (AvgIpc) is 2.86. The molecule has 1 aliphatic rings. The van der Waals surface area contributed by atoms with Gasteiger partial charge in [-0.1, -0.05) is 44.5 Å². The molecule has 1 N–H and O–H groups in total. The second kappa shape index (κ2) is 7.36. The molecule has 25 heavy (non-hydrogen) atoms. The lowest BCUT2D eigenvalue weighted by molar-refractivity contribution is 0.104. The van der Waals surface area contributed by atoms with Gasteiger partial charge in [0.25, 0.3) is 0 Å². The summed E-state index contributed by atoms with van der Waals surface area (Å²) in [5.41, 5.74) is 3.81. The minimum absolute atomic E-state index is 0.0653. The van der Waals surface area contributed by atoms with E-state index in [1.807, 2.05) is 38.1 Å². The molecule has 4 nitrogen and oxygen atoms in total. The van der Waals surface area contributed by atoms with E-state index in [1.165, 1.54) is 0 Å². The second-order valence-electron chi connectivity index (χ2n) is 5.98. The number of carbonyl (C=O) groups is 1. The monoisotopic (exact) mass is 376 g/mol. The van der Waals surface area contributed by atoms with Gasteiger partial charge in [0.15, 0.2) is 5.78 Å². The van der Waals surface area contributed by atoms with E-state index in [2.05, 4.69) is 0 Å². The first-order valence-corrected chi connectivity index (χ1v) is 11.6. The molecule has 1 atom stereocenters. The van der Waals surface area contributed by atoms with Crippen molar-refractivity contribution >= 4 is 24.0 Å². The molecule has 0 spiro atoms. The smallest absolute Gasteiger partial charge is 0.417 e. The lowest BCUT2D eigenvalue weighted by Crippen LogP contribution is -1.99. The molecule has 0 fully saturated rings. The Bertz CT molecular complexity index is 862. The Hall–Kier alpha value is -1.55. The molecule has 2 aromatic carbocycles. The molecule has 0 heterocycles. The fourth-order valence-corrected chi connectivity index (χ4v) is 5.53. The number of benzene rings is 2. The summed E-state index contributed by atoms with van der Waals surface area (Å²) in [5.74, 6) is 0.836. The summed E-state index contributed by atoms with van der Waals surface area (Å²) in [5, 5.41) is 0. The first-order chi connectivity index (χ1) is 12.0. The Morgan fingerprint density at radius 1 is 1.08 bits per heavy atom. The third kappa shape index (κ3) is 3.69. The van der Waals surface area contributed by atoms with Gasteiger partial charge in [0, 0.05) is 16.9 Å². The topological polar surface area (TPSA) is 63.6 Å². The molecule has 0 aliphatic heterocycles. The second-order valence-corrected chi connectivity index (χ2v) is 9.93. The third-order valence-corrected chi connectivity index (χ3v) is 7.23. The van der Waals surface area contributed by atoms with E-state index in [4.69, 9.17) is 4.52 Å². The lowest BCUT2D eigenvalue weighted by atomic mass is 10.0. The van der Waals surface area contributed by atoms with Crippen molar-refractivity contribution in [3.8, 4) is 16.9 Å². The van der Waals surface area contributed by atoms with Gasteiger partial charge in [-0.15, -0.1) is 0 Å². The molecule has 0 radical (unpaired) electrons. The fourth-order valence-electron chi connectivity index (χ4n) is 2.93. The number of fused-ring (bicyclic) bond motifs is 3. The Labute approximate surface area is 151 Å². The molecule has 0 aromatic heterocycles. The number of ketones is 1. The van der Waals surface area contributed by atoms with Crippen LogP contribution in [0.5, 0.6) is 5.75 Å². The molecule has 1 unspecified atom stereocenters. The Morgan fingerprint density at radius 2 is 1.80 bits per heavy atom. The van der Waals surface area contributed by atoms with Crippen molar-refractivity contribution < 1.29 is 18.8 Å². The predicted octanol–water partition coefficient (Wildman–Crippen LogP) is 5.47. The molecule has 6 heteroatoms. The van der Waals surface area contributed by atoms with Crippen molar-refractivity contribution in [2.24, 2.45) is 0 Å². The molecule has 1 aliphatic carbocycles. The maximum atomic E-state index is 12.6. The van der Waals surface area contributed by atoms with Crippen LogP contribution in [-0.4, -0.2) is 16.4 Å². The lowest BCUT2D eigenvalue weighted by Gasteiger charge is -2.16. The van der Waals surface area contributed by atoms with Crippen molar-refractivity contribution in [1.82, 2.24) is 0 Å². The Balaban J connectivity index is 1.95. The maximum absolute atomic E-state index is 12.6. The molecular weight excluding hydrogens is 355 g/mol. The third-order valence-electron chi connectivity index (χ3n) is 4.25. The maximum Gasteiger partial charge on any atom is 0.437 e. The van der Waals surface area contributed by atoms with Gasteiger partial charge in [-0.05, 0) is 53.0 Å². The molecule has 132 valence electrons. The van der Waals surface area contributed by atoms with E-state index >= 15 is 0 Å². The van der Waals surface area contributed by atoms with Crippen LogP contribution in [0.25, 0.3) is 11.1 Å². The number of hydrogen-bond acceptors (Lipinski definition) is 4. The summed E-state index contributed by atoms with van der Waals surface area (Å²) < 4.78 is 17.8. The standard InChI is InChI=1S/C19H21O4PS/c1-3-5-10-25-24(21,22)23-18-12-17-16(11-13(18)4-2)14-8-6-7-9-15(14)19(17)20/h6-9,11-12H,3-5,10H2,1-2H3,(H,21,22). The molecule has 0 bridgehead atoms. The van der Waals surface area contributed by atoms with Crippen molar-refractivity contribution in [2.45, 2.75) is 33.1 Å². The van der Waals surface area contributed by atoms with E-state index in [0.717, 1.165) is 40.9 Å². The molecular formula is C19H21O4PS. The van der Waals surface area contributed by atoms with Crippen LogP contribution in [0.2, 0.25) is 0 Å². The van der Waals surface area contributed by atoms with Crippen LogP contribution >= 0.6 is 18.2 Å². The number of aryl methyl sites for hydroxylation is 1. The first-order valence-electron chi connectivity index (χ1n) is 8.44. The minimum atomic E-state index is -3.80. The van der Waals surface area contributed by atoms with Gasteiger partial charge < -0.3 is 9.42 Å². The highest BCUT2D eigenvalue weighted by atomic mass is 32.7. The average molecular weight is 376 g/mol. The van der Waals surface area contributed by atoms with Gasteiger partial charge in [0.05, 0.1) is 0 Å². The highest BCUT2D eigenvalue weighted by Crippen LogP contribution is 2.56. The highest BCUT2D eigenvalue weighted by molar-refractivity contribution is 8.54.